The fraction of sp³-hybridized carbons (Fsp3) is 0.263. The van der Waals surface area contributed by atoms with Gasteiger partial charge in [0.25, 0.3) is 5.91 Å². The molecule has 0 saturated carbocycles. The van der Waals surface area contributed by atoms with E-state index in [0.29, 0.717) is 28.4 Å². The minimum atomic E-state index is -0.532. The normalized spacial score (nSPS) is 18.5. The summed E-state index contributed by atoms with van der Waals surface area (Å²) in [6.07, 6.45) is 4.20. The van der Waals surface area contributed by atoms with Crippen LogP contribution in [0.15, 0.2) is 48.6 Å². The van der Waals surface area contributed by atoms with Crippen molar-refractivity contribution in [1.29, 1.82) is 0 Å². The van der Waals surface area contributed by atoms with E-state index in [1.165, 1.54) is 18.4 Å². The maximum atomic E-state index is 11.6. The first kappa shape index (κ1) is 13.7. The number of primary amides is 1. The molecule has 0 radical (unpaired) electrons. The summed E-state index contributed by atoms with van der Waals surface area (Å²) in [7, 11) is 0. The van der Waals surface area contributed by atoms with Gasteiger partial charge in [0, 0.05) is 18.1 Å². The van der Waals surface area contributed by atoms with Gasteiger partial charge in [-0.3, -0.25) is 4.79 Å². The van der Waals surface area contributed by atoms with Crippen molar-refractivity contribution in [2.45, 2.75) is 18.8 Å². The summed E-state index contributed by atoms with van der Waals surface area (Å²) < 4.78 is 9.74. The maximum Gasteiger partial charge on any atom is 0.250 e. The van der Waals surface area contributed by atoms with Gasteiger partial charge < -0.3 is 11.1 Å². The van der Waals surface area contributed by atoms with Crippen LogP contribution < -0.4 is 11.1 Å². The Hall–Kier alpha value is -2.66. The predicted molar refractivity (Wildman–Crippen MR) is 94.4 cm³/mol. The van der Waals surface area contributed by atoms with Crippen LogP contribution in [0.2, 0.25) is 0 Å². The Labute approximate surface area is 141 Å². The van der Waals surface area contributed by atoms with Crippen LogP contribution in [0.25, 0.3) is 16.6 Å². The number of carbonyl (C=O) groups excluding carboxylic acids is 1. The van der Waals surface area contributed by atoms with E-state index in [1.54, 1.807) is 23.0 Å². The van der Waals surface area contributed by atoms with E-state index in [-0.39, 0.29) is 0 Å². The highest BCUT2D eigenvalue weighted by molar-refractivity contribution is 6.04. The van der Waals surface area contributed by atoms with Crippen molar-refractivity contribution in [3.63, 3.8) is 0 Å². The molecule has 4 rings (SSSR count). The van der Waals surface area contributed by atoms with E-state index in [2.05, 4.69) is 22.5 Å². The Balaban J connectivity index is 1.71. The molecular formula is C19H20N4O. The van der Waals surface area contributed by atoms with Crippen molar-refractivity contribution in [3.05, 3.63) is 59.8 Å². The highest BCUT2D eigenvalue weighted by Gasteiger charge is 2.15. The highest BCUT2D eigenvalue weighted by Crippen LogP contribution is 2.25. The van der Waals surface area contributed by atoms with Gasteiger partial charge in [-0.2, -0.15) is 5.10 Å². The first-order chi connectivity index (χ1) is 12.1. The van der Waals surface area contributed by atoms with Gasteiger partial charge in [-0.15, -0.1) is 0 Å². The number of fused-ring (bicyclic) bond motifs is 1. The number of hydrogen-bond acceptors (Lipinski definition) is 3. The smallest absolute Gasteiger partial charge is 0.250 e. The molecule has 1 saturated heterocycles. The number of piperidine rings is 1. The van der Waals surface area contributed by atoms with Crippen LogP contribution in [0.3, 0.4) is 0 Å². The average molecular weight is 321 g/mol. The van der Waals surface area contributed by atoms with Gasteiger partial charge in [0.2, 0.25) is 0 Å². The lowest BCUT2D eigenvalue weighted by atomic mass is 9.92. The molecule has 0 bridgehead atoms. The van der Waals surface area contributed by atoms with Crippen LogP contribution in [0.1, 0.15) is 36.1 Å². The number of aromatic nitrogens is 2. The van der Waals surface area contributed by atoms with E-state index in [0.717, 1.165) is 18.8 Å². The third-order valence-electron chi connectivity index (χ3n) is 4.65. The summed E-state index contributed by atoms with van der Waals surface area (Å²) in [5.74, 6) is 0.0243. The molecule has 5 nitrogen and oxygen atoms in total. The van der Waals surface area contributed by atoms with Gasteiger partial charge in [0.1, 0.15) is 5.52 Å². The molecule has 2 heterocycles. The van der Waals surface area contributed by atoms with Gasteiger partial charge in [0.15, 0.2) is 0 Å². The quantitative estimate of drug-likeness (QED) is 0.779. The number of nitrogens with one attached hydrogen (secondary N) is 1. The lowest BCUT2D eigenvalue weighted by Crippen LogP contribution is -2.28. The van der Waals surface area contributed by atoms with Crippen LogP contribution >= 0.6 is 0 Å². The SMILES string of the molecule is [2H]c1ccc(C(N)=O)c2nn(-c3ccc([C@@H]4CCCNC4)cc3)cc12. The van der Waals surface area contributed by atoms with Gasteiger partial charge in [0.05, 0.1) is 12.6 Å². The molecule has 1 aliphatic rings. The Bertz CT molecular complexity index is 926. The fourth-order valence-electron chi connectivity index (χ4n) is 3.34. The molecule has 1 fully saturated rings. The molecule has 0 spiro atoms. The average Bonchev–Trinajstić information content (AvgIpc) is 3.09. The molecule has 122 valence electrons. The van der Waals surface area contributed by atoms with Crippen molar-refractivity contribution in [2.24, 2.45) is 5.73 Å². The molecule has 2 aromatic carbocycles. The maximum absolute atomic E-state index is 11.6. The van der Waals surface area contributed by atoms with Crippen molar-refractivity contribution < 1.29 is 6.17 Å². The Morgan fingerprint density at radius 3 is 2.88 bits per heavy atom. The molecule has 0 unspecified atom stereocenters. The van der Waals surface area contributed by atoms with Gasteiger partial charge in [-0.05, 0) is 49.1 Å². The first-order valence-electron chi connectivity index (χ1n) is 8.73. The third kappa shape index (κ3) is 2.67. The summed E-state index contributed by atoms with van der Waals surface area (Å²) in [6, 6.07) is 11.8. The number of hydrogen-bond donors (Lipinski definition) is 2. The van der Waals surface area contributed by atoms with Crippen molar-refractivity contribution in [3.8, 4) is 5.69 Å². The monoisotopic (exact) mass is 321 g/mol. The number of carbonyl (C=O) groups is 1. The van der Waals surface area contributed by atoms with E-state index >= 15 is 0 Å². The molecule has 24 heavy (non-hydrogen) atoms. The number of benzene rings is 2. The molecule has 1 amide bonds. The molecule has 1 aromatic heterocycles. The second kappa shape index (κ2) is 6.09. The van der Waals surface area contributed by atoms with Crippen LogP contribution in [0.5, 0.6) is 0 Å². The molecule has 1 aliphatic heterocycles. The minimum Gasteiger partial charge on any atom is -0.366 e. The van der Waals surface area contributed by atoms with E-state index < -0.39 is 5.91 Å². The summed E-state index contributed by atoms with van der Waals surface area (Å²) in [6.45, 7) is 2.13. The standard InChI is InChI=1S/C19H20N4O/c20-19(24)17-5-1-3-15-12-23(22-18(15)17)16-8-6-13(7-9-16)14-4-2-10-21-11-14/h1,3,5-9,12,14,21H,2,4,10-11H2,(H2,20,24)/t14-/m1/s1/i3D. The first-order valence-corrected chi connectivity index (χ1v) is 8.23. The zero-order valence-corrected chi connectivity index (χ0v) is 13.3. The van der Waals surface area contributed by atoms with Crippen molar-refractivity contribution >= 4 is 16.8 Å². The van der Waals surface area contributed by atoms with Crippen LogP contribution in [0, 0.1) is 0 Å². The van der Waals surface area contributed by atoms with Crippen LogP contribution in [-0.4, -0.2) is 28.8 Å². The van der Waals surface area contributed by atoms with E-state index in [9.17, 15) is 4.79 Å². The van der Waals surface area contributed by atoms with Crippen molar-refractivity contribution in [1.82, 2.24) is 15.1 Å². The summed E-state index contributed by atoms with van der Waals surface area (Å²) in [5, 5.41) is 8.55. The zero-order valence-electron chi connectivity index (χ0n) is 14.3. The predicted octanol–water partition coefficient (Wildman–Crippen LogP) is 2.59. The number of nitrogens with two attached hydrogens (primary N) is 1. The lowest BCUT2D eigenvalue weighted by molar-refractivity contribution is 0.100. The van der Waals surface area contributed by atoms with E-state index in [4.69, 9.17) is 7.10 Å². The largest absolute Gasteiger partial charge is 0.366 e. The van der Waals surface area contributed by atoms with Gasteiger partial charge in [-0.25, -0.2) is 4.68 Å². The fourth-order valence-corrected chi connectivity index (χ4v) is 3.34. The summed E-state index contributed by atoms with van der Waals surface area (Å²) >= 11 is 0. The lowest BCUT2D eigenvalue weighted by Gasteiger charge is -2.23. The summed E-state index contributed by atoms with van der Waals surface area (Å²) in [5.41, 5.74) is 8.47. The molecular weight excluding hydrogens is 300 g/mol. The highest BCUT2D eigenvalue weighted by atomic mass is 16.1. The third-order valence-corrected chi connectivity index (χ3v) is 4.65. The van der Waals surface area contributed by atoms with Crippen LogP contribution in [0.4, 0.5) is 0 Å². The van der Waals surface area contributed by atoms with Gasteiger partial charge >= 0.3 is 0 Å². The van der Waals surface area contributed by atoms with E-state index in [1.807, 2.05) is 12.1 Å². The second-order valence-corrected chi connectivity index (χ2v) is 6.23. The number of rotatable bonds is 3. The topological polar surface area (TPSA) is 72.9 Å². The summed E-state index contributed by atoms with van der Waals surface area (Å²) in [4.78, 5) is 11.6. The number of nitrogens with zero attached hydrogens (tertiary/aromatic N) is 2. The second-order valence-electron chi connectivity index (χ2n) is 6.23. The molecule has 3 aromatic rings. The zero-order chi connectivity index (χ0) is 17.4. The van der Waals surface area contributed by atoms with Gasteiger partial charge in [-0.1, -0.05) is 24.2 Å². The van der Waals surface area contributed by atoms with Crippen molar-refractivity contribution in [2.75, 3.05) is 13.1 Å². The Morgan fingerprint density at radius 2 is 2.17 bits per heavy atom. The van der Waals surface area contributed by atoms with Crippen LogP contribution in [-0.2, 0) is 0 Å². The molecule has 0 aliphatic carbocycles. The number of amides is 1. The Kier molecular flexibility index (Phi) is 3.49. The Morgan fingerprint density at radius 1 is 1.33 bits per heavy atom. The molecule has 1 atom stereocenters. The minimum absolute atomic E-state index is 0.330. The molecule has 3 N–H and O–H groups in total. The molecule has 5 heteroatoms.